The molecule has 2 heterocycles. The molecular weight excluding hydrogens is 450 g/mol. The van der Waals surface area contributed by atoms with Crippen molar-refractivity contribution in [2.45, 2.75) is 13.5 Å². The van der Waals surface area contributed by atoms with E-state index in [2.05, 4.69) is 15.4 Å². The molecule has 0 unspecified atom stereocenters. The summed E-state index contributed by atoms with van der Waals surface area (Å²) in [7, 11) is 0. The molecule has 2 aromatic carbocycles. The lowest BCUT2D eigenvalue weighted by Gasteiger charge is -2.07. The molecule has 0 aliphatic rings. The lowest BCUT2D eigenvalue weighted by molar-refractivity contribution is -0.384. The fourth-order valence-electron chi connectivity index (χ4n) is 3.41. The fourth-order valence-corrected chi connectivity index (χ4v) is 3.41. The lowest BCUT2D eigenvalue weighted by Crippen LogP contribution is -2.14. The van der Waals surface area contributed by atoms with Gasteiger partial charge in [0.2, 0.25) is 0 Å². The van der Waals surface area contributed by atoms with Crippen molar-refractivity contribution in [2.24, 2.45) is 0 Å². The van der Waals surface area contributed by atoms with E-state index >= 15 is 0 Å². The van der Waals surface area contributed by atoms with E-state index < -0.39 is 10.9 Å². The summed E-state index contributed by atoms with van der Waals surface area (Å²) in [5, 5.41) is 18.4. The van der Waals surface area contributed by atoms with E-state index in [1.54, 1.807) is 73.8 Å². The topological polar surface area (TPSA) is 129 Å². The van der Waals surface area contributed by atoms with Gasteiger partial charge in [-0.15, -0.1) is 0 Å². The maximum atomic E-state index is 12.5. The fraction of sp³-hybridized carbons (Fsp3) is 0.120. The number of aromatic nitrogens is 3. The first kappa shape index (κ1) is 23.3. The number of pyridine rings is 1. The average Bonchev–Trinajstić information content (AvgIpc) is 3.29. The van der Waals surface area contributed by atoms with Crippen LogP contribution in [0.2, 0.25) is 0 Å². The Morgan fingerprint density at radius 2 is 1.86 bits per heavy atom. The molecular formula is C25H21N5O5. The number of hydrogen-bond donors (Lipinski definition) is 1. The first-order valence-corrected chi connectivity index (χ1v) is 10.8. The number of benzene rings is 2. The van der Waals surface area contributed by atoms with E-state index in [1.165, 1.54) is 16.8 Å². The van der Waals surface area contributed by atoms with Crippen molar-refractivity contribution in [3.63, 3.8) is 0 Å². The van der Waals surface area contributed by atoms with Gasteiger partial charge < -0.3 is 10.1 Å². The van der Waals surface area contributed by atoms with Gasteiger partial charge in [-0.25, -0.2) is 4.79 Å². The van der Waals surface area contributed by atoms with E-state index in [9.17, 15) is 19.7 Å². The predicted molar refractivity (Wildman–Crippen MR) is 128 cm³/mol. The first-order chi connectivity index (χ1) is 16.9. The summed E-state index contributed by atoms with van der Waals surface area (Å²) in [5.41, 5.74) is 2.90. The van der Waals surface area contributed by atoms with E-state index in [-0.39, 0.29) is 30.4 Å². The van der Waals surface area contributed by atoms with Crippen molar-refractivity contribution in [1.29, 1.82) is 0 Å². The van der Waals surface area contributed by atoms with Crippen LogP contribution >= 0.6 is 0 Å². The van der Waals surface area contributed by atoms with E-state index in [0.29, 0.717) is 28.2 Å². The second kappa shape index (κ2) is 10.4. The van der Waals surface area contributed by atoms with Crippen molar-refractivity contribution >= 4 is 23.3 Å². The van der Waals surface area contributed by atoms with Crippen molar-refractivity contribution in [1.82, 2.24) is 14.8 Å². The Balaban J connectivity index is 1.58. The summed E-state index contributed by atoms with van der Waals surface area (Å²) in [6.07, 6.45) is 1.54. The Morgan fingerprint density at radius 1 is 1.06 bits per heavy atom. The molecule has 0 saturated carbocycles. The average molecular weight is 471 g/mol. The van der Waals surface area contributed by atoms with Crippen LogP contribution in [0.4, 0.5) is 11.4 Å². The second-order valence-electron chi connectivity index (χ2n) is 7.47. The maximum absolute atomic E-state index is 12.5. The zero-order valence-electron chi connectivity index (χ0n) is 18.7. The number of non-ortho nitro benzene ring substituents is 1. The molecule has 0 spiro atoms. The molecule has 0 saturated heterocycles. The van der Waals surface area contributed by atoms with Gasteiger partial charge in [-0.2, -0.15) is 5.10 Å². The van der Waals surface area contributed by atoms with Crippen LogP contribution in [0.5, 0.6) is 0 Å². The highest BCUT2D eigenvalue weighted by molar-refractivity contribution is 6.02. The van der Waals surface area contributed by atoms with Gasteiger partial charge in [0.1, 0.15) is 11.4 Å². The van der Waals surface area contributed by atoms with Gasteiger partial charge in [0.25, 0.3) is 11.6 Å². The number of nitro groups is 1. The second-order valence-corrected chi connectivity index (χ2v) is 7.47. The predicted octanol–water partition coefficient (Wildman–Crippen LogP) is 4.33. The third-order valence-electron chi connectivity index (χ3n) is 5.05. The molecule has 0 fully saturated rings. The van der Waals surface area contributed by atoms with Gasteiger partial charge in [0.05, 0.1) is 23.8 Å². The number of carbonyl (C=O) groups is 2. The lowest BCUT2D eigenvalue weighted by atomic mass is 10.1. The summed E-state index contributed by atoms with van der Waals surface area (Å²) in [4.78, 5) is 39.5. The normalized spacial score (nSPS) is 10.5. The number of ether oxygens (including phenoxy) is 1. The van der Waals surface area contributed by atoms with Gasteiger partial charge in [-0.05, 0) is 42.8 Å². The molecule has 2 aromatic heterocycles. The van der Waals surface area contributed by atoms with Crippen molar-refractivity contribution < 1.29 is 19.2 Å². The monoisotopic (exact) mass is 471 g/mol. The first-order valence-electron chi connectivity index (χ1n) is 10.8. The van der Waals surface area contributed by atoms with Crippen LogP contribution in [0.15, 0.2) is 79.0 Å². The van der Waals surface area contributed by atoms with Crippen LogP contribution < -0.4 is 5.32 Å². The minimum absolute atomic E-state index is 0.0455. The maximum Gasteiger partial charge on any atom is 0.356 e. The summed E-state index contributed by atoms with van der Waals surface area (Å²) in [6.45, 7) is 2.05. The highest BCUT2D eigenvalue weighted by atomic mass is 16.6. The Morgan fingerprint density at radius 3 is 2.54 bits per heavy atom. The molecule has 35 heavy (non-hydrogen) atoms. The number of amides is 1. The van der Waals surface area contributed by atoms with Crippen molar-refractivity contribution in [2.75, 3.05) is 11.9 Å². The Labute approximate surface area is 200 Å². The number of nitro benzene ring substituents is 1. The Bertz CT molecular complexity index is 1370. The number of nitrogens with zero attached hydrogens (tertiary/aromatic N) is 4. The summed E-state index contributed by atoms with van der Waals surface area (Å²) in [5.74, 6) is -0.875. The number of carbonyl (C=O) groups excluding carboxylic acids is 2. The van der Waals surface area contributed by atoms with Crippen molar-refractivity contribution in [3.8, 4) is 11.3 Å². The number of hydrogen-bond acceptors (Lipinski definition) is 7. The molecule has 0 aliphatic heterocycles. The third-order valence-corrected chi connectivity index (χ3v) is 5.05. The van der Waals surface area contributed by atoms with Crippen molar-refractivity contribution in [3.05, 3.63) is 106 Å². The number of anilines is 1. The minimum Gasteiger partial charge on any atom is -0.461 e. The van der Waals surface area contributed by atoms with Gasteiger partial charge in [-0.1, -0.05) is 30.3 Å². The highest BCUT2D eigenvalue weighted by Gasteiger charge is 2.19. The number of rotatable bonds is 8. The van der Waals surface area contributed by atoms with Crippen LogP contribution in [0.3, 0.4) is 0 Å². The molecule has 1 N–H and O–H groups in total. The molecule has 4 aromatic rings. The van der Waals surface area contributed by atoms with Crippen LogP contribution in [-0.4, -0.2) is 38.2 Å². The van der Waals surface area contributed by atoms with E-state index in [1.807, 2.05) is 0 Å². The van der Waals surface area contributed by atoms with Gasteiger partial charge in [0.15, 0.2) is 0 Å². The molecule has 10 nitrogen and oxygen atoms in total. The van der Waals surface area contributed by atoms with Crippen LogP contribution in [0, 0.1) is 10.1 Å². The highest BCUT2D eigenvalue weighted by Crippen LogP contribution is 2.23. The summed E-state index contributed by atoms with van der Waals surface area (Å²) in [6, 6.07) is 19.8. The van der Waals surface area contributed by atoms with Gasteiger partial charge >= 0.3 is 5.97 Å². The van der Waals surface area contributed by atoms with Crippen LogP contribution in [0.25, 0.3) is 11.3 Å². The van der Waals surface area contributed by atoms with Gasteiger partial charge in [-0.3, -0.25) is 24.6 Å². The number of nitrogens with one attached hydrogen (secondary N) is 1. The quantitative estimate of drug-likeness (QED) is 0.230. The SMILES string of the molecule is CCOC(=O)c1cc(-c2ccc(NC(=O)c3ccccn3)cc2)nn1Cc1cccc([N+](=O)[O-])c1. The summed E-state index contributed by atoms with van der Waals surface area (Å²) < 4.78 is 6.62. The van der Waals surface area contributed by atoms with Crippen LogP contribution in [-0.2, 0) is 11.3 Å². The third kappa shape index (κ3) is 5.56. The Kier molecular flexibility index (Phi) is 6.91. The smallest absolute Gasteiger partial charge is 0.356 e. The minimum atomic E-state index is -0.545. The number of esters is 1. The van der Waals surface area contributed by atoms with E-state index in [4.69, 9.17) is 4.74 Å². The molecule has 0 atom stereocenters. The Hall–Kier alpha value is -4.86. The zero-order chi connectivity index (χ0) is 24.8. The molecule has 1 amide bonds. The standard InChI is InChI=1S/C25H21N5O5/c1-2-35-25(32)23-15-22(28-29(23)16-17-6-5-7-20(14-17)30(33)34)18-9-11-19(12-10-18)27-24(31)21-8-3-4-13-26-21/h3-15H,2,16H2,1H3,(H,27,31). The largest absolute Gasteiger partial charge is 0.461 e. The van der Waals surface area contributed by atoms with Crippen LogP contribution in [0.1, 0.15) is 33.5 Å². The molecule has 0 bridgehead atoms. The molecule has 10 heteroatoms. The van der Waals surface area contributed by atoms with Gasteiger partial charge in [0, 0.05) is 29.6 Å². The molecule has 0 radical (unpaired) electrons. The van der Waals surface area contributed by atoms with E-state index in [0.717, 1.165) is 0 Å². The zero-order valence-corrected chi connectivity index (χ0v) is 18.7. The molecule has 0 aliphatic carbocycles. The summed E-state index contributed by atoms with van der Waals surface area (Å²) >= 11 is 0. The molecule has 176 valence electrons. The molecule has 4 rings (SSSR count).